The van der Waals surface area contributed by atoms with Crippen LogP contribution in [0.25, 0.3) is 0 Å². The van der Waals surface area contributed by atoms with Gasteiger partial charge in [0.25, 0.3) is 0 Å². The van der Waals surface area contributed by atoms with Crippen molar-refractivity contribution >= 4 is 11.6 Å². The Labute approximate surface area is 154 Å². The normalized spacial score (nSPS) is 21.4. The van der Waals surface area contributed by atoms with Crippen molar-refractivity contribution in [2.45, 2.75) is 32.7 Å². The molecule has 134 valence electrons. The number of hydrogen-bond acceptors (Lipinski definition) is 3. The average Bonchev–Trinajstić information content (AvgIpc) is 2.61. The topological polar surface area (TPSA) is 43.7 Å². The molecule has 25 heavy (non-hydrogen) atoms. The molecule has 0 radical (unpaired) electrons. The van der Waals surface area contributed by atoms with Crippen molar-refractivity contribution in [2.24, 2.45) is 5.41 Å². The number of hydrogen-bond donors (Lipinski definition) is 2. The molecule has 0 saturated carbocycles. The molecule has 1 atom stereocenters. The van der Waals surface area contributed by atoms with E-state index in [0.717, 1.165) is 44.5 Å². The SMILES string of the molecule is Cc1ccccc1CC1(CO)CCCN(Cc2ccc(O)c(Cl)c2)C1. The van der Waals surface area contributed by atoms with E-state index in [1.807, 2.05) is 12.1 Å². The summed E-state index contributed by atoms with van der Waals surface area (Å²) in [7, 11) is 0. The Kier molecular flexibility index (Phi) is 5.67. The summed E-state index contributed by atoms with van der Waals surface area (Å²) in [5.74, 6) is 0.119. The molecule has 0 spiro atoms. The standard InChI is InChI=1S/C21H26ClNO2/c1-16-5-2-3-6-18(16)12-21(15-24)9-4-10-23(14-21)13-17-7-8-20(25)19(22)11-17/h2-3,5-8,11,24-25H,4,9-10,12-15H2,1H3. The van der Waals surface area contributed by atoms with E-state index >= 15 is 0 Å². The first kappa shape index (κ1) is 18.2. The van der Waals surface area contributed by atoms with E-state index in [-0.39, 0.29) is 17.8 Å². The maximum Gasteiger partial charge on any atom is 0.134 e. The molecule has 0 aliphatic carbocycles. The fourth-order valence-electron chi connectivity index (χ4n) is 3.89. The van der Waals surface area contributed by atoms with Gasteiger partial charge < -0.3 is 10.2 Å². The minimum absolute atomic E-state index is 0.0922. The second-order valence-electron chi connectivity index (χ2n) is 7.36. The highest BCUT2D eigenvalue weighted by Crippen LogP contribution is 2.35. The Morgan fingerprint density at radius 1 is 1.20 bits per heavy atom. The predicted octanol–water partition coefficient (Wildman–Crippen LogP) is 4.17. The minimum Gasteiger partial charge on any atom is -0.506 e. The van der Waals surface area contributed by atoms with Gasteiger partial charge in [0.15, 0.2) is 0 Å². The fraction of sp³-hybridized carbons (Fsp3) is 0.429. The van der Waals surface area contributed by atoms with Gasteiger partial charge in [-0.2, -0.15) is 0 Å². The van der Waals surface area contributed by atoms with E-state index in [4.69, 9.17) is 11.6 Å². The van der Waals surface area contributed by atoms with Crippen molar-refractivity contribution in [3.63, 3.8) is 0 Å². The Hall–Kier alpha value is -1.55. The minimum atomic E-state index is -0.0922. The first-order valence-electron chi connectivity index (χ1n) is 8.86. The van der Waals surface area contributed by atoms with Gasteiger partial charge in [0.2, 0.25) is 0 Å². The highest BCUT2D eigenvalue weighted by atomic mass is 35.5. The zero-order valence-electron chi connectivity index (χ0n) is 14.7. The molecule has 1 saturated heterocycles. The van der Waals surface area contributed by atoms with Crippen LogP contribution < -0.4 is 0 Å². The van der Waals surface area contributed by atoms with Gasteiger partial charge in [0.1, 0.15) is 5.75 Å². The number of likely N-dealkylation sites (tertiary alicyclic amines) is 1. The maximum absolute atomic E-state index is 10.2. The van der Waals surface area contributed by atoms with Crippen molar-refractivity contribution in [2.75, 3.05) is 19.7 Å². The van der Waals surface area contributed by atoms with Gasteiger partial charge in [-0.15, -0.1) is 0 Å². The number of phenolic OH excluding ortho intramolecular Hbond substituents is 1. The number of benzene rings is 2. The largest absolute Gasteiger partial charge is 0.506 e. The molecule has 1 aliphatic heterocycles. The summed E-state index contributed by atoms with van der Waals surface area (Å²) in [6.07, 6.45) is 3.03. The molecule has 0 amide bonds. The number of phenols is 1. The van der Waals surface area contributed by atoms with Crippen LogP contribution in [0.3, 0.4) is 0 Å². The zero-order valence-corrected chi connectivity index (χ0v) is 15.5. The molecule has 4 heteroatoms. The molecular formula is C21H26ClNO2. The summed E-state index contributed by atoms with van der Waals surface area (Å²) in [6, 6.07) is 13.8. The van der Waals surface area contributed by atoms with E-state index < -0.39 is 0 Å². The van der Waals surface area contributed by atoms with E-state index in [9.17, 15) is 10.2 Å². The lowest BCUT2D eigenvalue weighted by Gasteiger charge is -2.42. The lowest BCUT2D eigenvalue weighted by atomic mass is 9.75. The summed E-state index contributed by atoms with van der Waals surface area (Å²) in [4.78, 5) is 2.39. The molecule has 3 rings (SSSR count). The van der Waals surface area contributed by atoms with E-state index in [0.29, 0.717) is 5.02 Å². The lowest BCUT2D eigenvalue weighted by molar-refractivity contribution is 0.0287. The summed E-state index contributed by atoms with van der Waals surface area (Å²) in [5, 5.41) is 20.2. The zero-order chi connectivity index (χ0) is 17.9. The molecular weight excluding hydrogens is 334 g/mol. The Bertz CT molecular complexity index is 734. The third kappa shape index (κ3) is 4.35. The fourth-order valence-corrected chi connectivity index (χ4v) is 4.10. The van der Waals surface area contributed by atoms with Gasteiger partial charge in [-0.1, -0.05) is 41.9 Å². The lowest BCUT2D eigenvalue weighted by Crippen LogP contribution is -2.46. The second-order valence-corrected chi connectivity index (χ2v) is 7.77. The molecule has 1 unspecified atom stereocenters. The first-order valence-corrected chi connectivity index (χ1v) is 9.24. The molecule has 2 aromatic carbocycles. The number of nitrogens with zero attached hydrogens (tertiary/aromatic N) is 1. The number of piperidine rings is 1. The molecule has 1 heterocycles. The summed E-state index contributed by atoms with van der Waals surface area (Å²) < 4.78 is 0. The van der Waals surface area contributed by atoms with Gasteiger partial charge in [-0.05, 0) is 61.6 Å². The summed E-state index contributed by atoms with van der Waals surface area (Å²) in [6.45, 7) is 5.02. The third-order valence-corrected chi connectivity index (χ3v) is 5.62. The Morgan fingerprint density at radius 2 is 2.00 bits per heavy atom. The van der Waals surface area contributed by atoms with Crippen molar-refractivity contribution in [1.82, 2.24) is 4.90 Å². The smallest absolute Gasteiger partial charge is 0.134 e. The number of aliphatic hydroxyl groups excluding tert-OH is 1. The quantitative estimate of drug-likeness (QED) is 0.842. The van der Waals surface area contributed by atoms with E-state index in [2.05, 4.69) is 36.1 Å². The van der Waals surface area contributed by atoms with Crippen LogP contribution in [0.15, 0.2) is 42.5 Å². The van der Waals surface area contributed by atoms with Crippen LogP contribution in [0.5, 0.6) is 5.75 Å². The molecule has 0 aromatic heterocycles. The van der Waals surface area contributed by atoms with Crippen LogP contribution in [-0.2, 0) is 13.0 Å². The Balaban J connectivity index is 1.73. The van der Waals surface area contributed by atoms with Crippen LogP contribution in [0.2, 0.25) is 5.02 Å². The molecule has 1 aliphatic rings. The van der Waals surface area contributed by atoms with Crippen molar-refractivity contribution in [3.8, 4) is 5.75 Å². The maximum atomic E-state index is 10.2. The van der Waals surface area contributed by atoms with Crippen molar-refractivity contribution in [3.05, 3.63) is 64.2 Å². The highest BCUT2D eigenvalue weighted by Gasteiger charge is 2.35. The van der Waals surface area contributed by atoms with Crippen molar-refractivity contribution in [1.29, 1.82) is 0 Å². The predicted molar refractivity (Wildman–Crippen MR) is 102 cm³/mol. The number of halogens is 1. The number of aryl methyl sites for hydroxylation is 1. The monoisotopic (exact) mass is 359 g/mol. The summed E-state index contributed by atoms with van der Waals surface area (Å²) >= 11 is 6.03. The first-order chi connectivity index (χ1) is 12.0. The van der Waals surface area contributed by atoms with Crippen molar-refractivity contribution < 1.29 is 10.2 Å². The molecule has 2 aromatic rings. The van der Waals surface area contributed by atoms with Gasteiger partial charge in [-0.25, -0.2) is 0 Å². The van der Waals surface area contributed by atoms with Crippen LogP contribution in [0.4, 0.5) is 0 Å². The Morgan fingerprint density at radius 3 is 2.72 bits per heavy atom. The number of rotatable bonds is 5. The third-order valence-electron chi connectivity index (χ3n) is 5.32. The molecule has 0 bridgehead atoms. The van der Waals surface area contributed by atoms with E-state index in [1.165, 1.54) is 11.1 Å². The van der Waals surface area contributed by atoms with Crippen LogP contribution in [-0.4, -0.2) is 34.8 Å². The van der Waals surface area contributed by atoms with Crippen LogP contribution >= 0.6 is 11.6 Å². The average molecular weight is 360 g/mol. The second kappa shape index (κ2) is 7.77. The van der Waals surface area contributed by atoms with Gasteiger partial charge in [0, 0.05) is 18.5 Å². The number of aromatic hydroxyl groups is 1. The van der Waals surface area contributed by atoms with Gasteiger partial charge in [-0.3, -0.25) is 4.90 Å². The molecule has 3 nitrogen and oxygen atoms in total. The highest BCUT2D eigenvalue weighted by molar-refractivity contribution is 6.32. The molecule has 1 fully saturated rings. The number of aliphatic hydroxyl groups is 1. The van der Waals surface area contributed by atoms with E-state index in [1.54, 1.807) is 6.07 Å². The van der Waals surface area contributed by atoms with Gasteiger partial charge in [0.05, 0.1) is 11.6 Å². The van der Waals surface area contributed by atoms with Crippen LogP contribution in [0, 0.1) is 12.3 Å². The molecule has 2 N–H and O–H groups in total. The van der Waals surface area contributed by atoms with Gasteiger partial charge >= 0.3 is 0 Å². The summed E-state index contributed by atoms with van der Waals surface area (Å²) in [5.41, 5.74) is 3.61. The van der Waals surface area contributed by atoms with Crippen LogP contribution in [0.1, 0.15) is 29.5 Å².